The average molecular weight is 330 g/mol. The maximum Gasteiger partial charge on any atom is 0.283 e. The van der Waals surface area contributed by atoms with Crippen LogP contribution in [0.2, 0.25) is 0 Å². The van der Waals surface area contributed by atoms with E-state index in [9.17, 15) is 4.79 Å². The van der Waals surface area contributed by atoms with Crippen LogP contribution in [0.15, 0.2) is 15.5 Å². The minimum Gasteiger partial charge on any atom is -0.378 e. The summed E-state index contributed by atoms with van der Waals surface area (Å²) in [5, 5.41) is 7.62. The molecule has 19 heavy (non-hydrogen) atoms. The third-order valence-corrected chi connectivity index (χ3v) is 3.64. The smallest absolute Gasteiger partial charge is 0.283 e. The fourth-order valence-electron chi connectivity index (χ4n) is 2.08. The Bertz CT molecular complexity index is 480. The highest BCUT2D eigenvalue weighted by molar-refractivity contribution is 9.10. The van der Waals surface area contributed by atoms with Crippen LogP contribution in [0.25, 0.3) is 0 Å². The van der Waals surface area contributed by atoms with Crippen molar-refractivity contribution in [2.75, 3.05) is 5.32 Å². The van der Waals surface area contributed by atoms with Crippen molar-refractivity contribution in [2.24, 2.45) is 5.92 Å². The Balaban J connectivity index is 3.00. The van der Waals surface area contributed by atoms with Crippen LogP contribution in [-0.2, 0) is 6.54 Å². The van der Waals surface area contributed by atoms with E-state index in [4.69, 9.17) is 0 Å². The van der Waals surface area contributed by atoms with Gasteiger partial charge in [0.05, 0.1) is 11.9 Å². The highest BCUT2D eigenvalue weighted by atomic mass is 79.9. The first kappa shape index (κ1) is 16.2. The maximum absolute atomic E-state index is 12.2. The second-order valence-electron chi connectivity index (χ2n) is 6.01. The Morgan fingerprint density at radius 2 is 2.11 bits per heavy atom. The molecule has 0 aliphatic carbocycles. The molecule has 1 aromatic heterocycles. The fourth-order valence-corrected chi connectivity index (χ4v) is 2.49. The normalized spacial score (nSPS) is 11.9. The van der Waals surface area contributed by atoms with Gasteiger partial charge in [0.2, 0.25) is 0 Å². The van der Waals surface area contributed by atoms with Gasteiger partial charge in [0.25, 0.3) is 5.56 Å². The molecule has 0 unspecified atom stereocenters. The van der Waals surface area contributed by atoms with Crippen molar-refractivity contribution in [2.45, 2.75) is 59.5 Å². The molecule has 108 valence electrons. The van der Waals surface area contributed by atoms with Crippen molar-refractivity contribution in [3.63, 3.8) is 0 Å². The largest absolute Gasteiger partial charge is 0.378 e. The summed E-state index contributed by atoms with van der Waals surface area (Å²) in [6, 6.07) is 0. The maximum atomic E-state index is 12.2. The summed E-state index contributed by atoms with van der Waals surface area (Å²) >= 11 is 3.39. The quantitative estimate of drug-likeness (QED) is 0.866. The van der Waals surface area contributed by atoms with Crippen molar-refractivity contribution < 1.29 is 0 Å². The molecule has 1 heterocycles. The number of halogens is 1. The molecule has 0 aromatic carbocycles. The molecule has 0 saturated carbocycles. The van der Waals surface area contributed by atoms with Crippen molar-refractivity contribution in [1.29, 1.82) is 0 Å². The van der Waals surface area contributed by atoms with Gasteiger partial charge < -0.3 is 5.32 Å². The number of nitrogens with zero attached hydrogens (tertiary/aromatic N) is 2. The lowest BCUT2D eigenvalue weighted by Crippen LogP contribution is -2.33. The van der Waals surface area contributed by atoms with E-state index in [0.29, 0.717) is 16.9 Å². The molecule has 1 rings (SSSR count). The monoisotopic (exact) mass is 329 g/mol. The van der Waals surface area contributed by atoms with Crippen LogP contribution in [0.5, 0.6) is 0 Å². The van der Waals surface area contributed by atoms with Gasteiger partial charge in [0.15, 0.2) is 0 Å². The van der Waals surface area contributed by atoms with Crippen LogP contribution in [0, 0.1) is 5.92 Å². The second kappa shape index (κ2) is 6.55. The number of anilines is 1. The van der Waals surface area contributed by atoms with Crippen LogP contribution in [0.4, 0.5) is 5.69 Å². The molecular weight excluding hydrogens is 306 g/mol. The van der Waals surface area contributed by atoms with Gasteiger partial charge in [-0.05, 0) is 42.1 Å². The average Bonchev–Trinajstić information content (AvgIpc) is 2.28. The summed E-state index contributed by atoms with van der Waals surface area (Å²) in [7, 11) is 0. The Labute approximate surface area is 123 Å². The highest BCUT2D eigenvalue weighted by Crippen LogP contribution is 2.23. The summed E-state index contributed by atoms with van der Waals surface area (Å²) in [5.74, 6) is 0.396. The first-order chi connectivity index (χ1) is 8.76. The minimum absolute atomic E-state index is 0.0460. The predicted molar refractivity (Wildman–Crippen MR) is 83.6 cm³/mol. The zero-order valence-electron chi connectivity index (χ0n) is 12.5. The lowest BCUT2D eigenvalue weighted by Gasteiger charge is -2.27. The molecule has 0 fully saturated rings. The fraction of sp³-hybridized carbons (Fsp3) is 0.714. The molecule has 5 heteroatoms. The third kappa shape index (κ3) is 4.64. The van der Waals surface area contributed by atoms with Crippen molar-refractivity contribution >= 4 is 21.6 Å². The van der Waals surface area contributed by atoms with Crippen LogP contribution in [-0.4, -0.2) is 15.3 Å². The van der Waals surface area contributed by atoms with E-state index in [1.165, 1.54) is 4.68 Å². The lowest BCUT2D eigenvalue weighted by molar-refractivity contribution is 0.460. The van der Waals surface area contributed by atoms with Gasteiger partial charge in [-0.15, -0.1) is 0 Å². The van der Waals surface area contributed by atoms with Gasteiger partial charge in [-0.3, -0.25) is 4.79 Å². The van der Waals surface area contributed by atoms with E-state index >= 15 is 0 Å². The van der Waals surface area contributed by atoms with Crippen LogP contribution in [0.3, 0.4) is 0 Å². The van der Waals surface area contributed by atoms with Crippen LogP contribution >= 0.6 is 15.9 Å². The van der Waals surface area contributed by atoms with Gasteiger partial charge in [-0.2, -0.15) is 5.10 Å². The van der Waals surface area contributed by atoms with Crippen molar-refractivity contribution in [3.05, 3.63) is 21.0 Å². The van der Waals surface area contributed by atoms with Crippen LogP contribution < -0.4 is 10.9 Å². The highest BCUT2D eigenvalue weighted by Gasteiger charge is 2.19. The van der Waals surface area contributed by atoms with Crippen molar-refractivity contribution in [3.8, 4) is 0 Å². The van der Waals surface area contributed by atoms with Gasteiger partial charge in [0, 0.05) is 12.1 Å². The standard InChI is InChI=1S/C14H24BrN3O/c1-6-7-14(4,5)17-11-8-16-18(9-10(2)3)13(19)12(11)15/h8,10,17H,6-7,9H2,1-5H3. The zero-order valence-corrected chi connectivity index (χ0v) is 14.0. The summed E-state index contributed by atoms with van der Waals surface area (Å²) in [4.78, 5) is 12.2. The molecule has 4 nitrogen and oxygen atoms in total. The molecule has 0 spiro atoms. The van der Waals surface area contributed by atoms with E-state index in [-0.39, 0.29) is 11.1 Å². The molecular formula is C14H24BrN3O. The molecule has 0 amide bonds. The summed E-state index contributed by atoms with van der Waals surface area (Å²) in [6.07, 6.45) is 3.86. The summed E-state index contributed by atoms with van der Waals surface area (Å²) in [6.45, 7) is 11.2. The molecule has 0 saturated heterocycles. The van der Waals surface area contributed by atoms with E-state index < -0.39 is 0 Å². The van der Waals surface area contributed by atoms with E-state index in [0.717, 1.165) is 18.5 Å². The van der Waals surface area contributed by atoms with Crippen molar-refractivity contribution in [1.82, 2.24) is 9.78 Å². The topological polar surface area (TPSA) is 46.9 Å². The predicted octanol–water partition coefficient (Wildman–Crippen LogP) is 3.65. The summed E-state index contributed by atoms with van der Waals surface area (Å²) in [5.41, 5.74) is 0.643. The first-order valence-corrected chi connectivity index (χ1v) is 7.60. The van der Waals surface area contributed by atoms with E-state index in [1.54, 1.807) is 6.20 Å². The minimum atomic E-state index is -0.0778. The zero-order chi connectivity index (χ0) is 14.6. The number of aromatic nitrogens is 2. The number of rotatable bonds is 6. The molecule has 0 atom stereocenters. The molecule has 1 N–H and O–H groups in total. The Morgan fingerprint density at radius 1 is 1.47 bits per heavy atom. The van der Waals surface area contributed by atoms with Crippen LogP contribution in [0.1, 0.15) is 47.5 Å². The third-order valence-electron chi connectivity index (χ3n) is 2.87. The van der Waals surface area contributed by atoms with E-state index in [2.05, 4.69) is 61.0 Å². The summed E-state index contributed by atoms with van der Waals surface area (Å²) < 4.78 is 2.07. The molecule has 1 aromatic rings. The SMILES string of the molecule is CCCC(C)(C)Nc1cnn(CC(C)C)c(=O)c1Br. The lowest BCUT2D eigenvalue weighted by atomic mass is 9.99. The Kier molecular flexibility index (Phi) is 5.59. The molecule has 0 radical (unpaired) electrons. The van der Waals surface area contributed by atoms with Gasteiger partial charge >= 0.3 is 0 Å². The van der Waals surface area contributed by atoms with Gasteiger partial charge in [0.1, 0.15) is 4.47 Å². The molecule has 0 aliphatic heterocycles. The first-order valence-electron chi connectivity index (χ1n) is 6.80. The number of hydrogen-bond donors (Lipinski definition) is 1. The molecule has 0 aliphatic rings. The Hall–Kier alpha value is -0.840. The van der Waals surface area contributed by atoms with E-state index in [1.807, 2.05) is 0 Å². The molecule has 0 bridgehead atoms. The second-order valence-corrected chi connectivity index (χ2v) is 6.81. The number of hydrogen-bond acceptors (Lipinski definition) is 3. The number of nitrogens with one attached hydrogen (secondary N) is 1. The van der Waals surface area contributed by atoms with Gasteiger partial charge in [-0.25, -0.2) is 4.68 Å². The Morgan fingerprint density at radius 3 is 2.63 bits per heavy atom. The van der Waals surface area contributed by atoms with Gasteiger partial charge in [-0.1, -0.05) is 27.2 Å².